The predicted molar refractivity (Wildman–Crippen MR) is 69.4 cm³/mol. The highest BCUT2D eigenvalue weighted by Gasteiger charge is 2.07. The van der Waals surface area contributed by atoms with Crippen molar-refractivity contribution in [3.05, 3.63) is 51.6 Å². The number of rotatable bonds is 3. The van der Waals surface area contributed by atoms with Gasteiger partial charge in [0, 0.05) is 21.3 Å². The van der Waals surface area contributed by atoms with E-state index in [0.29, 0.717) is 22.2 Å². The second kappa shape index (κ2) is 5.49. The molecule has 0 fully saturated rings. The van der Waals surface area contributed by atoms with Crippen LogP contribution in [0.5, 0.6) is 11.6 Å². The van der Waals surface area contributed by atoms with Crippen LogP contribution in [0.4, 0.5) is 0 Å². The molecule has 3 nitrogen and oxygen atoms in total. The van der Waals surface area contributed by atoms with E-state index in [0.717, 1.165) is 4.47 Å². The SMILES string of the molecule is OCc1cc(Br)cnc1Oc1cccc(Cl)c1. The Kier molecular flexibility index (Phi) is 3.99. The molecule has 0 aliphatic rings. The summed E-state index contributed by atoms with van der Waals surface area (Å²) in [5.74, 6) is 0.958. The standard InChI is InChI=1S/C12H9BrClNO2/c13-9-4-8(7-16)12(15-6-9)17-11-3-1-2-10(14)5-11/h1-6,16H,7H2. The number of hydrogen-bond acceptors (Lipinski definition) is 3. The third kappa shape index (κ3) is 3.19. The summed E-state index contributed by atoms with van der Waals surface area (Å²) in [6.45, 7) is -0.137. The fourth-order valence-electron chi connectivity index (χ4n) is 1.32. The number of aliphatic hydroxyl groups excluding tert-OH is 1. The molecule has 0 unspecified atom stereocenters. The number of nitrogens with zero attached hydrogens (tertiary/aromatic N) is 1. The van der Waals surface area contributed by atoms with Crippen LogP contribution in [0.2, 0.25) is 5.02 Å². The third-order valence-electron chi connectivity index (χ3n) is 2.07. The van der Waals surface area contributed by atoms with Crippen LogP contribution in [0.15, 0.2) is 41.0 Å². The molecule has 2 rings (SSSR count). The van der Waals surface area contributed by atoms with E-state index in [2.05, 4.69) is 20.9 Å². The summed E-state index contributed by atoms with van der Waals surface area (Å²) in [5.41, 5.74) is 0.611. The van der Waals surface area contributed by atoms with Gasteiger partial charge in [-0.25, -0.2) is 4.98 Å². The van der Waals surface area contributed by atoms with Gasteiger partial charge in [0.05, 0.1) is 6.61 Å². The molecule has 0 atom stereocenters. The fourth-order valence-corrected chi connectivity index (χ4v) is 1.87. The molecule has 0 aliphatic carbocycles. The smallest absolute Gasteiger partial charge is 0.224 e. The fraction of sp³-hybridized carbons (Fsp3) is 0.0833. The van der Waals surface area contributed by atoms with Crippen molar-refractivity contribution in [2.75, 3.05) is 0 Å². The number of ether oxygens (including phenoxy) is 1. The largest absolute Gasteiger partial charge is 0.439 e. The van der Waals surface area contributed by atoms with Crippen LogP contribution in [-0.4, -0.2) is 10.1 Å². The third-order valence-corrected chi connectivity index (χ3v) is 2.74. The predicted octanol–water partition coefficient (Wildman–Crippen LogP) is 3.78. The van der Waals surface area contributed by atoms with Gasteiger partial charge < -0.3 is 9.84 Å². The number of aromatic nitrogens is 1. The van der Waals surface area contributed by atoms with Gasteiger partial charge >= 0.3 is 0 Å². The molecule has 1 aromatic carbocycles. The first-order valence-electron chi connectivity index (χ1n) is 4.88. The van der Waals surface area contributed by atoms with E-state index < -0.39 is 0 Å². The lowest BCUT2D eigenvalue weighted by atomic mass is 10.3. The molecule has 2 aromatic rings. The van der Waals surface area contributed by atoms with Crippen molar-refractivity contribution in [3.63, 3.8) is 0 Å². The minimum atomic E-state index is -0.137. The van der Waals surface area contributed by atoms with Crippen molar-refractivity contribution < 1.29 is 9.84 Å². The summed E-state index contributed by atoms with van der Waals surface area (Å²) in [5, 5.41) is 9.80. The quantitative estimate of drug-likeness (QED) is 0.937. The molecule has 0 spiro atoms. The molecule has 1 heterocycles. The molecule has 1 aromatic heterocycles. The molecule has 0 bridgehead atoms. The molecular weight excluding hydrogens is 305 g/mol. The van der Waals surface area contributed by atoms with Crippen LogP contribution in [0.25, 0.3) is 0 Å². The number of aliphatic hydroxyl groups is 1. The van der Waals surface area contributed by atoms with Crippen LogP contribution in [0.3, 0.4) is 0 Å². The van der Waals surface area contributed by atoms with Crippen LogP contribution in [0.1, 0.15) is 5.56 Å². The summed E-state index contributed by atoms with van der Waals surface area (Å²) in [6.07, 6.45) is 1.61. The average molecular weight is 315 g/mol. The molecular formula is C12H9BrClNO2. The number of pyridine rings is 1. The average Bonchev–Trinajstić information content (AvgIpc) is 2.31. The normalized spacial score (nSPS) is 10.3. The second-order valence-electron chi connectivity index (χ2n) is 3.34. The molecule has 17 heavy (non-hydrogen) atoms. The maximum absolute atomic E-state index is 9.21. The number of benzene rings is 1. The minimum absolute atomic E-state index is 0.137. The number of hydrogen-bond donors (Lipinski definition) is 1. The molecule has 0 amide bonds. The van der Waals surface area contributed by atoms with E-state index in [4.69, 9.17) is 16.3 Å². The molecule has 0 aliphatic heterocycles. The van der Waals surface area contributed by atoms with E-state index in [1.807, 2.05) is 0 Å². The highest BCUT2D eigenvalue weighted by molar-refractivity contribution is 9.10. The van der Waals surface area contributed by atoms with Gasteiger partial charge in [-0.15, -0.1) is 0 Å². The second-order valence-corrected chi connectivity index (χ2v) is 4.69. The Balaban J connectivity index is 2.29. The molecule has 1 N–H and O–H groups in total. The van der Waals surface area contributed by atoms with Gasteiger partial charge in [0.2, 0.25) is 5.88 Å². The monoisotopic (exact) mass is 313 g/mol. The zero-order valence-electron chi connectivity index (χ0n) is 8.73. The number of halogens is 2. The van der Waals surface area contributed by atoms with Crippen molar-refractivity contribution >= 4 is 27.5 Å². The van der Waals surface area contributed by atoms with Crippen LogP contribution in [-0.2, 0) is 6.61 Å². The molecule has 0 radical (unpaired) electrons. The Morgan fingerprint density at radius 2 is 2.18 bits per heavy atom. The van der Waals surface area contributed by atoms with Gasteiger partial charge in [-0.05, 0) is 40.2 Å². The molecule has 0 saturated carbocycles. The highest BCUT2D eigenvalue weighted by atomic mass is 79.9. The van der Waals surface area contributed by atoms with Crippen LogP contribution in [0, 0.1) is 0 Å². The Morgan fingerprint density at radius 3 is 2.88 bits per heavy atom. The lowest BCUT2D eigenvalue weighted by molar-refractivity contribution is 0.275. The van der Waals surface area contributed by atoms with Crippen LogP contribution >= 0.6 is 27.5 Å². The first kappa shape index (κ1) is 12.4. The maximum Gasteiger partial charge on any atom is 0.224 e. The van der Waals surface area contributed by atoms with Gasteiger partial charge in [-0.2, -0.15) is 0 Å². The van der Waals surface area contributed by atoms with Crippen molar-refractivity contribution in [2.24, 2.45) is 0 Å². The van der Waals surface area contributed by atoms with E-state index in [9.17, 15) is 5.11 Å². The zero-order valence-corrected chi connectivity index (χ0v) is 11.1. The van der Waals surface area contributed by atoms with E-state index in [1.165, 1.54) is 0 Å². The Hall–Kier alpha value is -1.10. The highest BCUT2D eigenvalue weighted by Crippen LogP contribution is 2.27. The minimum Gasteiger partial charge on any atom is -0.439 e. The van der Waals surface area contributed by atoms with E-state index >= 15 is 0 Å². The van der Waals surface area contributed by atoms with Crippen molar-refractivity contribution in [2.45, 2.75) is 6.61 Å². The van der Waals surface area contributed by atoms with Crippen molar-refractivity contribution in [1.82, 2.24) is 4.98 Å². The van der Waals surface area contributed by atoms with E-state index in [1.54, 1.807) is 36.5 Å². The van der Waals surface area contributed by atoms with Gasteiger partial charge in [0.25, 0.3) is 0 Å². The molecule has 88 valence electrons. The topological polar surface area (TPSA) is 42.4 Å². The summed E-state index contributed by atoms with van der Waals surface area (Å²) >= 11 is 9.14. The summed E-state index contributed by atoms with van der Waals surface area (Å²) in [7, 11) is 0. The van der Waals surface area contributed by atoms with Crippen LogP contribution < -0.4 is 4.74 Å². The Bertz CT molecular complexity index is 534. The summed E-state index contributed by atoms with van der Waals surface area (Å²) in [4.78, 5) is 4.10. The lowest BCUT2D eigenvalue weighted by Crippen LogP contribution is -1.94. The van der Waals surface area contributed by atoms with Gasteiger partial charge in [0.1, 0.15) is 5.75 Å². The van der Waals surface area contributed by atoms with Gasteiger partial charge in [-0.3, -0.25) is 0 Å². The van der Waals surface area contributed by atoms with E-state index in [-0.39, 0.29) is 6.61 Å². The Morgan fingerprint density at radius 1 is 1.35 bits per heavy atom. The molecule has 0 saturated heterocycles. The summed E-state index contributed by atoms with van der Waals surface area (Å²) < 4.78 is 6.35. The summed E-state index contributed by atoms with van der Waals surface area (Å²) in [6, 6.07) is 8.77. The van der Waals surface area contributed by atoms with Crippen molar-refractivity contribution in [3.8, 4) is 11.6 Å². The first-order chi connectivity index (χ1) is 8.19. The Labute approximate surface area is 112 Å². The first-order valence-corrected chi connectivity index (χ1v) is 6.05. The lowest BCUT2D eigenvalue weighted by Gasteiger charge is -2.08. The van der Waals surface area contributed by atoms with Gasteiger partial charge in [0.15, 0.2) is 0 Å². The van der Waals surface area contributed by atoms with Gasteiger partial charge in [-0.1, -0.05) is 17.7 Å². The molecule has 5 heteroatoms. The maximum atomic E-state index is 9.21. The zero-order chi connectivity index (χ0) is 12.3. The van der Waals surface area contributed by atoms with Crippen molar-refractivity contribution in [1.29, 1.82) is 0 Å².